The van der Waals surface area contributed by atoms with Crippen molar-refractivity contribution < 1.29 is 23.9 Å². The minimum Gasteiger partial charge on any atom is -0.459 e. The summed E-state index contributed by atoms with van der Waals surface area (Å²) in [6.07, 6.45) is -0.466. The molecule has 0 bridgehead atoms. The summed E-state index contributed by atoms with van der Waals surface area (Å²) in [6.45, 7) is 8.39. The molecule has 0 spiro atoms. The second-order valence-electron chi connectivity index (χ2n) is 9.06. The Kier molecular flexibility index (Phi) is 8.41. The molecule has 2 aromatic rings. The molecule has 0 aliphatic heterocycles. The molecule has 7 nitrogen and oxygen atoms in total. The van der Waals surface area contributed by atoms with Gasteiger partial charge in [0.2, 0.25) is 5.91 Å². The van der Waals surface area contributed by atoms with Gasteiger partial charge < -0.3 is 20.1 Å². The topological polar surface area (TPSA) is 93.7 Å². The van der Waals surface area contributed by atoms with Crippen molar-refractivity contribution in [1.82, 2.24) is 10.6 Å². The highest BCUT2D eigenvalue weighted by Gasteiger charge is 2.34. The SMILES string of the molecule is CC(C)(C)OC(=O)NC(C)(C)C(=O)N[C@@H](Cc1ccccc1)C(=O)OCc1ccccc1. The predicted octanol–water partition coefficient (Wildman–Crippen LogP) is 3.76. The molecule has 0 radical (unpaired) electrons. The third-order valence-corrected chi connectivity index (χ3v) is 4.48. The van der Waals surface area contributed by atoms with Gasteiger partial charge in [0.05, 0.1) is 0 Å². The third kappa shape index (κ3) is 8.41. The van der Waals surface area contributed by atoms with Gasteiger partial charge in [-0.2, -0.15) is 0 Å². The second kappa shape index (κ2) is 10.8. The van der Waals surface area contributed by atoms with Crippen molar-refractivity contribution in [2.24, 2.45) is 0 Å². The van der Waals surface area contributed by atoms with Crippen LogP contribution in [0.15, 0.2) is 60.7 Å². The Morgan fingerprint density at radius 1 is 0.844 bits per heavy atom. The van der Waals surface area contributed by atoms with E-state index in [1.54, 1.807) is 34.6 Å². The third-order valence-electron chi connectivity index (χ3n) is 4.48. The summed E-state index contributed by atoms with van der Waals surface area (Å²) in [5, 5.41) is 5.28. The average Bonchev–Trinajstić information content (AvgIpc) is 2.71. The van der Waals surface area contributed by atoms with E-state index in [2.05, 4.69) is 10.6 Å². The van der Waals surface area contributed by atoms with Crippen molar-refractivity contribution in [1.29, 1.82) is 0 Å². The number of hydrogen-bond acceptors (Lipinski definition) is 5. The Labute approximate surface area is 189 Å². The quantitative estimate of drug-likeness (QED) is 0.610. The molecule has 2 aromatic carbocycles. The number of amides is 2. The van der Waals surface area contributed by atoms with Crippen LogP contribution in [0.25, 0.3) is 0 Å². The highest BCUT2D eigenvalue weighted by molar-refractivity contribution is 5.92. The number of ether oxygens (including phenoxy) is 2. The minimum absolute atomic E-state index is 0.0976. The van der Waals surface area contributed by atoms with Crippen molar-refractivity contribution in [3.63, 3.8) is 0 Å². The first-order chi connectivity index (χ1) is 15.0. The smallest absolute Gasteiger partial charge is 0.408 e. The van der Waals surface area contributed by atoms with Crippen LogP contribution < -0.4 is 10.6 Å². The number of esters is 1. The van der Waals surface area contributed by atoms with Crippen molar-refractivity contribution >= 4 is 18.0 Å². The van der Waals surface area contributed by atoms with Gasteiger partial charge in [0.1, 0.15) is 23.8 Å². The molecular formula is C25H32N2O5. The zero-order valence-corrected chi connectivity index (χ0v) is 19.3. The molecule has 172 valence electrons. The van der Waals surface area contributed by atoms with Crippen molar-refractivity contribution in [2.45, 2.75) is 64.8 Å². The van der Waals surface area contributed by atoms with Crippen LogP contribution in [-0.4, -0.2) is 35.2 Å². The molecule has 2 rings (SSSR count). The molecule has 0 unspecified atom stereocenters. The van der Waals surface area contributed by atoms with Crippen molar-refractivity contribution in [3.05, 3.63) is 71.8 Å². The van der Waals surface area contributed by atoms with E-state index in [0.717, 1.165) is 11.1 Å². The zero-order chi connectivity index (χ0) is 23.8. The largest absolute Gasteiger partial charge is 0.459 e. The average molecular weight is 441 g/mol. The van der Waals surface area contributed by atoms with E-state index >= 15 is 0 Å². The summed E-state index contributed by atoms with van der Waals surface area (Å²) in [5.74, 6) is -1.08. The Bertz CT molecular complexity index is 905. The highest BCUT2D eigenvalue weighted by atomic mass is 16.6. The summed E-state index contributed by atoms with van der Waals surface area (Å²) in [7, 11) is 0. The van der Waals surface area contributed by atoms with Gasteiger partial charge in [-0.1, -0.05) is 60.7 Å². The summed E-state index contributed by atoms with van der Waals surface area (Å²) in [6, 6.07) is 17.7. The number of rotatable bonds is 8. The number of carbonyl (C=O) groups excluding carboxylic acids is 3. The molecule has 0 aromatic heterocycles. The van der Waals surface area contributed by atoms with E-state index < -0.39 is 35.2 Å². The number of hydrogen-bond donors (Lipinski definition) is 2. The maximum absolute atomic E-state index is 13.0. The lowest BCUT2D eigenvalue weighted by Crippen LogP contribution is -2.58. The molecule has 2 amide bonds. The van der Waals surface area contributed by atoms with Crippen molar-refractivity contribution in [2.75, 3.05) is 0 Å². The van der Waals surface area contributed by atoms with Crippen LogP contribution in [-0.2, 0) is 32.1 Å². The molecule has 0 saturated heterocycles. The van der Waals surface area contributed by atoms with E-state index in [-0.39, 0.29) is 13.0 Å². The van der Waals surface area contributed by atoms with Crippen LogP contribution in [0, 0.1) is 0 Å². The van der Waals surface area contributed by atoms with Crippen LogP contribution in [0.3, 0.4) is 0 Å². The molecule has 0 aliphatic carbocycles. The molecular weight excluding hydrogens is 408 g/mol. The van der Waals surface area contributed by atoms with Crippen LogP contribution in [0.1, 0.15) is 45.7 Å². The van der Waals surface area contributed by atoms with Gasteiger partial charge in [0.25, 0.3) is 0 Å². The first-order valence-electron chi connectivity index (χ1n) is 10.5. The predicted molar refractivity (Wildman–Crippen MR) is 122 cm³/mol. The Hall–Kier alpha value is -3.35. The zero-order valence-electron chi connectivity index (χ0n) is 19.3. The van der Waals surface area contributed by atoms with Crippen LogP contribution in [0.2, 0.25) is 0 Å². The summed E-state index contributed by atoms with van der Waals surface area (Å²) < 4.78 is 10.7. The Morgan fingerprint density at radius 3 is 1.91 bits per heavy atom. The lowest BCUT2D eigenvalue weighted by molar-refractivity contribution is -0.149. The Morgan fingerprint density at radius 2 is 1.38 bits per heavy atom. The standard InChI is InChI=1S/C25H32N2O5/c1-24(2,3)32-23(30)27-25(4,5)22(29)26-20(16-18-12-8-6-9-13-18)21(28)31-17-19-14-10-7-11-15-19/h6-15,20H,16-17H2,1-5H3,(H,26,29)(H,27,30)/t20-/m0/s1. The number of benzene rings is 2. The lowest BCUT2D eigenvalue weighted by atomic mass is 10.0. The highest BCUT2D eigenvalue weighted by Crippen LogP contribution is 2.12. The normalized spacial score (nSPS) is 12.4. The van der Waals surface area contributed by atoms with Crippen molar-refractivity contribution in [3.8, 4) is 0 Å². The Balaban J connectivity index is 2.09. The maximum atomic E-state index is 13.0. The number of carbonyl (C=O) groups is 3. The molecule has 7 heteroatoms. The number of alkyl carbamates (subject to hydrolysis) is 1. The van der Waals surface area contributed by atoms with E-state index in [9.17, 15) is 14.4 Å². The lowest BCUT2D eigenvalue weighted by Gasteiger charge is -2.29. The molecule has 0 heterocycles. The van der Waals surface area contributed by atoms with E-state index in [1.165, 1.54) is 0 Å². The fourth-order valence-corrected chi connectivity index (χ4v) is 2.83. The summed E-state index contributed by atoms with van der Waals surface area (Å²) in [5.41, 5.74) is -0.296. The molecule has 1 atom stereocenters. The van der Waals surface area contributed by atoms with Crippen LogP contribution in [0.4, 0.5) is 4.79 Å². The van der Waals surface area contributed by atoms with E-state index in [1.807, 2.05) is 60.7 Å². The first-order valence-corrected chi connectivity index (χ1v) is 10.5. The first kappa shape index (κ1) is 24.9. The molecule has 0 aliphatic rings. The van der Waals surface area contributed by atoms with Gasteiger partial charge in [-0.25, -0.2) is 9.59 Å². The molecule has 0 saturated carbocycles. The van der Waals surface area contributed by atoms with Gasteiger partial charge in [-0.3, -0.25) is 4.79 Å². The fourth-order valence-electron chi connectivity index (χ4n) is 2.83. The monoisotopic (exact) mass is 440 g/mol. The van der Waals surface area contributed by atoms with E-state index in [0.29, 0.717) is 0 Å². The van der Waals surface area contributed by atoms with Gasteiger partial charge in [0.15, 0.2) is 0 Å². The minimum atomic E-state index is -1.31. The van der Waals surface area contributed by atoms with Crippen LogP contribution in [0.5, 0.6) is 0 Å². The van der Waals surface area contributed by atoms with Crippen LogP contribution >= 0.6 is 0 Å². The molecule has 0 fully saturated rings. The summed E-state index contributed by atoms with van der Waals surface area (Å²) >= 11 is 0. The van der Waals surface area contributed by atoms with E-state index in [4.69, 9.17) is 9.47 Å². The molecule has 2 N–H and O–H groups in total. The van der Waals surface area contributed by atoms with Gasteiger partial charge in [-0.15, -0.1) is 0 Å². The van der Waals surface area contributed by atoms with Gasteiger partial charge in [0, 0.05) is 6.42 Å². The summed E-state index contributed by atoms with van der Waals surface area (Å²) in [4.78, 5) is 37.9. The second-order valence-corrected chi connectivity index (χ2v) is 9.06. The number of nitrogens with one attached hydrogen (secondary N) is 2. The maximum Gasteiger partial charge on any atom is 0.408 e. The molecule has 32 heavy (non-hydrogen) atoms. The fraction of sp³-hybridized carbons (Fsp3) is 0.400. The van der Waals surface area contributed by atoms with Gasteiger partial charge in [-0.05, 0) is 45.7 Å². The van der Waals surface area contributed by atoms with Gasteiger partial charge >= 0.3 is 12.1 Å².